The third kappa shape index (κ3) is 4.20. The molecular formula is C11H4F3I3N2O2. The topological polar surface area (TPSA) is 55.1 Å². The lowest BCUT2D eigenvalue weighted by molar-refractivity contribution is -0.167. The van der Waals surface area contributed by atoms with Gasteiger partial charge in [-0.3, -0.25) is 10.1 Å². The normalized spacial score (nSPS) is 11.5. The SMILES string of the molecule is O=C(Nc1cnc(-c2cc(I)cc(I)c2I)o1)C(F)(F)F. The van der Waals surface area contributed by atoms with Gasteiger partial charge >= 0.3 is 12.1 Å². The number of oxazole rings is 1. The Balaban J connectivity index is 2.31. The summed E-state index contributed by atoms with van der Waals surface area (Å²) in [6.45, 7) is 0. The van der Waals surface area contributed by atoms with Gasteiger partial charge in [0.1, 0.15) is 0 Å². The van der Waals surface area contributed by atoms with Gasteiger partial charge in [-0.1, -0.05) is 0 Å². The number of hydrogen-bond acceptors (Lipinski definition) is 3. The Morgan fingerprint density at radius 1 is 1.24 bits per heavy atom. The molecule has 1 heterocycles. The second-order valence-corrected chi connectivity index (χ2v) is 7.22. The average Bonchev–Trinajstić information content (AvgIpc) is 2.81. The lowest BCUT2D eigenvalue weighted by Gasteiger charge is -2.05. The Kier molecular flexibility index (Phi) is 5.38. The van der Waals surface area contributed by atoms with Crippen molar-refractivity contribution < 1.29 is 22.4 Å². The lowest BCUT2D eigenvalue weighted by atomic mass is 10.2. The van der Waals surface area contributed by atoms with Crippen molar-refractivity contribution >= 4 is 79.6 Å². The van der Waals surface area contributed by atoms with Crippen LogP contribution in [0.5, 0.6) is 0 Å². The number of nitrogens with one attached hydrogen (secondary N) is 1. The van der Waals surface area contributed by atoms with E-state index >= 15 is 0 Å². The molecule has 1 aromatic carbocycles. The van der Waals surface area contributed by atoms with Crippen LogP contribution in [0.3, 0.4) is 0 Å². The zero-order valence-corrected chi connectivity index (χ0v) is 16.2. The average molecular weight is 634 g/mol. The summed E-state index contributed by atoms with van der Waals surface area (Å²) >= 11 is 6.35. The van der Waals surface area contributed by atoms with E-state index in [4.69, 9.17) is 4.42 Å². The number of carbonyl (C=O) groups excluding carboxylic acids is 1. The number of amides is 1. The number of nitrogens with zero attached hydrogens (tertiary/aromatic N) is 1. The molecule has 0 spiro atoms. The minimum atomic E-state index is -4.97. The largest absolute Gasteiger partial charge is 0.471 e. The first kappa shape index (κ1) is 17.2. The molecule has 0 aliphatic rings. The number of anilines is 1. The molecular weight excluding hydrogens is 630 g/mol. The molecule has 0 atom stereocenters. The number of alkyl halides is 3. The van der Waals surface area contributed by atoms with Crippen molar-refractivity contribution in [2.45, 2.75) is 6.18 Å². The van der Waals surface area contributed by atoms with Crippen molar-refractivity contribution in [3.05, 3.63) is 29.0 Å². The van der Waals surface area contributed by atoms with Crippen LogP contribution in [0, 0.1) is 10.7 Å². The van der Waals surface area contributed by atoms with E-state index in [1.165, 1.54) is 0 Å². The van der Waals surface area contributed by atoms with E-state index in [2.05, 4.69) is 72.8 Å². The van der Waals surface area contributed by atoms with Gasteiger partial charge in [0, 0.05) is 10.7 Å². The molecule has 0 bridgehead atoms. The molecule has 0 fully saturated rings. The molecule has 0 saturated carbocycles. The van der Waals surface area contributed by atoms with Crippen LogP contribution in [0.1, 0.15) is 0 Å². The Hall–Kier alpha value is -0.120. The van der Waals surface area contributed by atoms with Gasteiger partial charge < -0.3 is 4.42 Å². The van der Waals surface area contributed by atoms with Crippen LogP contribution < -0.4 is 5.32 Å². The predicted molar refractivity (Wildman–Crippen MR) is 94.8 cm³/mol. The molecule has 112 valence electrons. The minimum Gasteiger partial charge on any atom is -0.420 e. The van der Waals surface area contributed by atoms with E-state index in [1.807, 2.05) is 6.07 Å². The van der Waals surface area contributed by atoms with E-state index < -0.39 is 12.1 Å². The quantitative estimate of drug-likeness (QED) is 0.387. The van der Waals surface area contributed by atoms with E-state index in [0.29, 0.717) is 5.56 Å². The first-order valence-electron chi connectivity index (χ1n) is 5.17. The Bertz CT molecular complexity index is 701. The van der Waals surface area contributed by atoms with Crippen LogP contribution in [0.4, 0.5) is 19.1 Å². The molecule has 0 saturated heterocycles. The number of aromatic nitrogens is 1. The smallest absolute Gasteiger partial charge is 0.420 e. The van der Waals surface area contributed by atoms with Gasteiger partial charge in [0.05, 0.1) is 11.8 Å². The highest BCUT2D eigenvalue weighted by Crippen LogP contribution is 2.31. The van der Waals surface area contributed by atoms with Crippen molar-refractivity contribution in [2.24, 2.45) is 0 Å². The molecule has 4 nitrogen and oxygen atoms in total. The molecule has 0 unspecified atom stereocenters. The van der Waals surface area contributed by atoms with Crippen molar-refractivity contribution in [3.63, 3.8) is 0 Å². The summed E-state index contributed by atoms with van der Waals surface area (Å²) in [6, 6.07) is 3.74. The number of hydrogen-bond donors (Lipinski definition) is 1. The summed E-state index contributed by atoms with van der Waals surface area (Å²) in [7, 11) is 0. The molecule has 2 aromatic rings. The summed E-state index contributed by atoms with van der Waals surface area (Å²) in [5.74, 6) is -2.30. The van der Waals surface area contributed by atoms with Gasteiger partial charge in [-0.2, -0.15) is 13.2 Å². The zero-order valence-electron chi connectivity index (χ0n) is 9.76. The molecule has 0 radical (unpaired) electrons. The predicted octanol–water partition coefficient (Wildman–Crippen LogP) is 4.66. The lowest BCUT2D eigenvalue weighted by Crippen LogP contribution is -2.29. The minimum absolute atomic E-state index is 0.147. The zero-order chi connectivity index (χ0) is 15.8. The second kappa shape index (κ2) is 6.55. The van der Waals surface area contributed by atoms with Gasteiger partial charge in [0.2, 0.25) is 11.8 Å². The Labute approximate surface area is 157 Å². The highest BCUT2D eigenvalue weighted by molar-refractivity contribution is 14.1. The number of carbonyl (C=O) groups is 1. The van der Waals surface area contributed by atoms with Crippen LogP contribution in [-0.4, -0.2) is 17.1 Å². The molecule has 2 rings (SSSR count). The van der Waals surface area contributed by atoms with E-state index in [-0.39, 0.29) is 11.8 Å². The second-order valence-electron chi connectivity index (χ2n) is 3.73. The van der Waals surface area contributed by atoms with Crippen molar-refractivity contribution in [3.8, 4) is 11.5 Å². The van der Waals surface area contributed by atoms with Crippen LogP contribution in [0.25, 0.3) is 11.5 Å². The Morgan fingerprint density at radius 2 is 1.90 bits per heavy atom. The van der Waals surface area contributed by atoms with Gasteiger partial charge in [0.25, 0.3) is 0 Å². The maximum atomic E-state index is 12.2. The molecule has 21 heavy (non-hydrogen) atoms. The summed E-state index contributed by atoms with van der Waals surface area (Å²) < 4.78 is 44.4. The fraction of sp³-hybridized carbons (Fsp3) is 0.0909. The van der Waals surface area contributed by atoms with E-state index in [1.54, 1.807) is 11.4 Å². The van der Waals surface area contributed by atoms with Crippen molar-refractivity contribution in [1.29, 1.82) is 0 Å². The van der Waals surface area contributed by atoms with Crippen LogP contribution >= 0.6 is 67.8 Å². The third-order valence-electron chi connectivity index (χ3n) is 2.22. The molecule has 1 amide bonds. The van der Waals surface area contributed by atoms with Gasteiger partial charge in [-0.25, -0.2) is 4.98 Å². The summed E-state index contributed by atoms with van der Waals surface area (Å²) in [5.41, 5.74) is 0.652. The third-order valence-corrected chi connectivity index (χ3v) is 5.89. The fourth-order valence-corrected chi connectivity index (χ4v) is 3.74. The molecule has 1 N–H and O–H groups in total. The number of benzene rings is 1. The maximum absolute atomic E-state index is 12.2. The molecule has 1 aromatic heterocycles. The first-order chi connectivity index (χ1) is 9.68. The van der Waals surface area contributed by atoms with Gasteiger partial charge in [-0.15, -0.1) is 0 Å². The van der Waals surface area contributed by atoms with E-state index in [0.717, 1.165) is 16.9 Å². The summed E-state index contributed by atoms with van der Waals surface area (Å²) in [5, 5.41) is 1.62. The van der Waals surface area contributed by atoms with Crippen molar-refractivity contribution in [1.82, 2.24) is 4.98 Å². The van der Waals surface area contributed by atoms with Crippen LogP contribution in [0.15, 0.2) is 22.7 Å². The van der Waals surface area contributed by atoms with Gasteiger partial charge in [0.15, 0.2) is 0 Å². The number of rotatable bonds is 2. The monoisotopic (exact) mass is 634 g/mol. The number of halogens is 6. The first-order valence-corrected chi connectivity index (χ1v) is 8.41. The van der Waals surface area contributed by atoms with Crippen LogP contribution in [-0.2, 0) is 4.79 Å². The van der Waals surface area contributed by atoms with E-state index in [9.17, 15) is 18.0 Å². The summed E-state index contributed by atoms with van der Waals surface area (Å²) in [6.07, 6.45) is -3.93. The summed E-state index contributed by atoms with van der Waals surface area (Å²) in [4.78, 5) is 14.7. The maximum Gasteiger partial charge on any atom is 0.471 e. The highest BCUT2D eigenvalue weighted by atomic mass is 127. The molecule has 0 aliphatic heterocycles. The Morgan fingerprint density at radius 3 is 2.52 bits per heavy atom. The fourth-order valence-electron chi connectivity index (χ4n) is 1.35. The standard InChI is InChI=1S/C11H4F3I3N2O2/c12-11(13,14)10(20)19-7-3-18-9(21-7)5-1-4(15)2-6(16)8(5)17/h1-3H,(H,19,20). The molecule has 0 aliphatic carbocycles. The molecule has 10 heteroatoms. The highest BCUT2D eigenvalue weighted by Gasteiger charge is 2.39. The van der Waals surface area contributed by atoms with Crippen LogP contribution in [0.2, 0.25) is 0 Å². The van der Waals surface area contributed by atoms with Gasteiger partial charge in [-0.05, 0) is 79.9 Å². The van der Waals surface area contributed by atoms with Crippen molar-refractivity contribution in [2.75, 3.05) is 5.32 Å².